The van der Waals surface area contributed by atoms with E-state index < -0.39 is 0 Å². The summed E-state index contributed by atoms with van der Waals surface area (Å²) in [5.41, 5.74) is 0. The standard InChI is InChI=1S/C11H20N2OS/c1-8(2)10-11(14)13(7-12-10)6-9-4-3-5-15-9/h8-10,12H,3-7H2,1-2H3. The maximum Gasteiger partial charge on any atom is 0.241 e. The Hall–Kier alpha value is -0.220. The molecule has 0 bridgehead atoms. The number of rotatable bonds is 3. The SMILES string of the molecule is CC(C)C1NCN(CC2CCCS2)C1=O. The first-order valence-electron chi connectivity index (χ1n) is 5.82. The normalized spacial score (nSPS) is 31.9. The zero-order valence-corrected chi connectivity index (χ0v) is 10.3. The lowest BCUT2D eigenvalue weighted by molar-refractivity contribution is -0.129. The molecular formula is C11H20N2OS. The minimum absolute atomic E-state index is 0.0522. The summed E-state index contributed by atoms with van der Waals surface area (Å²) in [6.45, 7) is 5.89. The van der Waals surface area contributed by atoms with Crippen molar-refractivity contribution in [2.24, 2.45) is 5.92 Å². The van der Waals surface area contributed by atoms with Crippen molar-refractivity contribution in [3.05, 3.63) is 0 Å². The maximum absolute atomic E-state index is 12.0. The van der Waals surface area contributed by atoms with Crippen LogP contribution in [0.1, 0.15) is 26.7 Å². The lowest BCUT2D eigenvalue weighted by Crippen LogP contribution is -2.36. The van der Waals surface area contributed by atoms with Gasteiger partial charge in [-0.3, -0.25) is 10.1 Å². The van der Waals surface area contributed by atoms with E-state index in [1.807, 2.05) is 16.7 Å². The predicted octanol–water partition coefficient (Wildman–Crippen LogP) is 1.30. The fourth-order valence-corrected chi connectivity index (χ4v) is 3.57. The van der Waals surface area contributed by atoms with Gasteiger partial charge in [0.15, 0.2) is 0 Å². The fourth-order valence-electron chi connectivity index (χ4n) is 2.28. The van der Waals surface area contributed by atoms with Gasteiger partial charge in [0.1, 0.15) is 0 Å². The third-order valence-corrected chi connectivity index (χ3v) is 4.58. The first-order valence-corrected chi connectivity index (χ1v) is 6.87. The highest BCUT2D eigenvalue weighted by atomic mass is 32.2. The van der Waals surface area contributed by atoms with Crippen molar-refractivity contribution in [3.8, 4) is 0 Å². The van der Waals surface area contributed by atoms with E-state index >= 15 is 0 Å². The highest BCUT2D eigenvalue weighted by molar-refractivity contribution is 8.00. The molecule has 2 saturated heterocycles. The van der Waals surface area contributed by atoms with Gasteiger partial charge in [-0.25, -0.2) is 0 Å². The van der Waals surface area contributed by atoms with Crippen LogP contribution in [0, 0.1) is 5.92 Å². The van der Waals surface area contributed by atoms with Crippen LogP contribution in [0.2, 0.25) is 0 Å². The van der Waals surface area contributed by atoms with E-state index in [0.717, 1.165) is 13.2 Å². The second-order valence-electron chi connectivity index (χ2n) is 4.78. The molecule has 15 heavy (non-hydrogen) atoms. The molecule has 2 heterocycles. The Morgan fingerprint density at radius 1 is 1.60 bits per heavy atom. The van der Waals surface area contributed by atoms with Crippen molar-refractivity contribution in [1.29, 1.82) is 0 Å². The van der Waals surface area contributed by atoms with Crippen molar-refractivity contribution in [2.75, 3.05) is 19.0 Å². The van der Waals surface area contributed by atoms with E-state index in [-0.39, 0.29) is 6.04 Å². The number of thioether (sulfide) groups is 1. The molecule has 4 heteroatoms. The predicted molar refractivity (Wildman–Crippen MR) is 63.8 cm³/mol. The zero-order valence-electron chi connectivity index (χ0n) is 9.53. The molecular weight excluding hydrogens is 208 g/mol. The van der Waals surface area contributed by atoms with E-state index in [2.05, 4.69) is 19.2 Å². The average Bonchev–Trinajstić information content (AvgIpc) is 2.78. The number of nitrogens with one attached hydrogen (secondary N) is 1. The Balaban J connectivity index is 1.86. The number of amides is 1. The first-order chi connectivity index (χ1) is 7.18. The molecule has 2 fully saturated rings. The van der Waals surface area contributed by atoms with Gasteiger partial charge < -0.3 is 4.90 Å². The van der Waals surface area contributed by atoms with E-state index in [1.165, 1.54) is 18.6 Å². The topological polar surface area (TPSA) is 32.3 Å². The third-order valence-electron chi connectivity index (χ3n) is 3.19. The fraction of sp³-hybridized carbons (Fsp3) is 0.909. The van der Waals surface area contributed by atoms with Crippen LogP contribution in [0.4, 0.5) is 0 Å². The molecule has 3 nitrogen and oxygen atoms in total. The van der Waals surface area contributed by atoms with Gasteiger partial charge in [-0.1, -0.05) is 13.8 Å². The van der Waals surface area contributed by atoms with Gasteiger partial charge >= 0.3 is 0 Å². The smallest absolute Gasteiger partial charge is 0.241 e. The van der Waals surface area contributed by atoms with Crippen LogP contribution in [0.25, 0.3) is 0 Å². The molecule has 0 spiro atoms. The highest BCUT2D eigenvalue weighted by Gasteiger charge is 2.34. The van der Waals surface area contributed by atoms with Crippen LogP contribution >= 0.6 is 11.8 Å². The number of carbonyl (C=O) groups is 1. The van der Waals surface area contributed by atoms with Crippen molar-refractivity contribution in [2.45, 2.75) is 38.0 Å². The maximum atomic E-state index is 12.0. The molecule has 0 aromatic heterocycles. The molecule has 1 amide bonds. The molecule has 2 aliphatic heterocycles. The summed E-state index contributed by atoms with van der Waals surface area (Å²) in [6.07, 6.45) is 2.60. The second kappa shape index (κ2) is 4.74. The Bertz CT molecular complexity index is 239. The molecule has 0 aliphatic carbocycles. The van der Waals surface area contributed by atoms with Crippen molar-refractivity contribution in [3.63, 3.8) is 0 Å². The summed E-state index contributed by atoms with van der Waals surface area (Å²) in [4.78, 5) is 14.0. The van der Waals surface area contributed by atoms with Crippen molar-refractivity contribution < 1.29 is 4.79 Å². The van der Waals surface area contributed by atoms with E-state index in [9.17, 15) is 4.79 Å². The number of hydrogen-bond acceptors (Lipinski definition) is 3. The van der Waals surface area contributed by atoms with Gasteiger partial charge in [0.25, 0.3) is 0 Å². The Kier molecular flexibility index (Phi) is 3.57. The summed E-state index contributed by atoms with van der Waals surface area (Å²) in [5, 5.41) is 3.98. The molecule has 2 unspecified atom stereocenters. The summed E-state index contributed by atoms with van der Waals surface area (Å²) in [6, 6.07) is 0.0522. The molecule has 2 atom stereocenters. The van der Waals surface area contributed by atoms with Gasteiger partial charge in [0.2, 0.25) is 5.91 Å². The lowest BCUT2D eigenvalue weighted by atomic mass is 10.1. The molecule has 0 aromatic rings. The number of hydrogen-bond donors (Lipinski definition) is 1. The average molecular weight is 228 g/mol. The largest absolute Gasteiger partial charge is 0.327 e. The van der Waals surface area contributed by atoms with Crippen LogP contribution in [-0.2, 0) is 4.79 Å². The Labute approximate surface area is 96.0 Å². The van der Waals surface area contributed by atoms with Crippen molar-refractivity contribution >= 4 is 17.7 Å². The van der Waals surface area contributed by atoms with Crippen LogP contribution in [0.3, 0.4) is 0 Å². The summed E-state index contributed by atoms with van der Waals surface area (Å²) in [7, 11) is 0. The lowest BCUT2D eigenvalue weighted by Gasteiger charge is -2.19. The highest BCUT2D eigenvalue weighted by Crippen LogP contribution is 2.27. The van der Waals surface area contributed by atoms with Gasteiger partial charge in [-0.2, -0.15) is 11.8 Å². The summed E-state index contributed by atoms with van der Waals surface area (Å²) >= 11 is 2.02. The molecule has 2 rings (SSSR count). The first kappa shape index (κ1) is 11.3. The monoisotopic (exact) mass is 228 g/mol. The van der Waals surface area contributed by atoms with Crippen molar-refractivity contribution in [1.82, 2.24) is 10.2 Å². The van der Waals surface area contributed by atoms with Crippen LogP contribution in [0.5, 0.6) is 0 Å². The van der Waals surface area contributed by atoms with E-state index in [4.69, 9.17) is 0 Å². The summed E-state index contributed by atoms with van der Waals surface area (Å²) in [5.74, 6) is 1.98. The molecule has 2 aliphatic rings. The van der Waals surface area contributed by atoms with Crippen LogP contribution in [-0.4, -0.2) is 41.1 Å². The molecule has 1 N–H and O–H groups in total. The van der Waals surface area contributed by atoms with Gasteiger partial charge in [-0.05, 0) is 24.5 Å². The quantitative estimate of drug-likeness (QED) is 0.790. The Morgan fingerprint density at radius 2 is 2.40 bits per heavy atom. The minimum atomic E-state index is 0.0522. The summed E-state index contributed by atoms with van der Waals surface area (Å²) < 4.78 is 0. The molecule has 86 valence electrons. The third kappa shape index (κ3) is 2.48. The van der Waals surface area contributed by atoms with Gasteiger partial charge in [-0.15, -0.1) is 0 Å². The number of nitrogens with zero attached hydrogens (tertiary/aromatic N) is 1. The second-order valence-corrected chi connectivity index (χ2v) is 6.19. The number of carbonyl (C=O) groups excluding carboxylic acids is 1. The van der Waals surface area contributed by atoms with E-state index in [1.54, 1.807) is 0 Å². The minimum Gasteiger partial charge on any atom is -0.327 e. The molecule has 0 radical (unpaired) electrons. The van der Waals surface area contributed by atoms with Crippen LogP contribution in [0.15, 0.2) is 0 Å². The Morgan fingerprint density at radius 3 is 2.93 bits per heavy atom. The van der Waals surface area contributed by atoms with Gasteiger partial charge in [0.05, 0.1) is 12.7 Å². The van der Waals surface area contributed by atoms with Crippen LogP contribution < -0.4 is 5.32 Å². The molecule has 0 aromatic carbocycles. The van der Waals surface area contributed by atoms with Gasteiger partial charge in [0, 0.05) is 11.8 Å². The molecule has 0 saturated carbocycles. The zero-order chi connectivity index (χ0) is 10.8. The van der Waals surface area contributed by atoms with E-state index in [0.29, 0.717) is 17.1 Å².